The van der Waals surface area contributed by atoms with E-state index in [-0.39, 0.29) is 12.8 Å². The number of fused-ring (bicyclic) bond motifs is 1. The van der Waals surface area contributed by atoms with Gasteiger partial charge in [-0.05, 0) is 22.8 Å². The van der Waals surface area contributed by atoms with E-state index in [0.717, 1.165) is 29.2 Å². The molecule has 2 aromatic carbocycles. The van der Waals surface area contributed by atoms with Crippen LogP contribution in [0.5, 0.6) is 0 Å². The van der Waals surface area contributed by atoms with Crippen LogP contribution in [0.1, 0.15) is 31.2 Å². The summed E-state index contributed by atoms with van der Waals surface area (Å²) in [7, 11) is 0. The van der Waals surface area contributed by atoms with Crippen LogP contribution in [0.15, 0.2) is 42.5 Å². The second-order valence-corrected chi connectivity index (χ2v) is 4.98. The highest BCUT2D eigenvalue weighted by atomic mass is 19.3. The number of hydrogen-bond acceptors (Lipinski definition) is 0. The second kappa shape index (κ2) is 6.14. The highest BCUT2D eigenvalue weighted by Crippen LogP contribution is 2.29. The third-order valence-corrected chi connectivity index (χ3v) is 3.37. The zero-order valence-electron chi connectivity index (χ0n) is 11.0. The van der Waals surface area contributed by atoms with Gasteiger partial charge in [-0.2, -0.15) is 0 Å². The molecule has 0 heterocycles. The Kier molecular flexibility index (Phi) is 4.52. The van der Waals surface area contributed by atoms with Crippen molar-refractivity contribution in [1.29, 1.82) is 0 Å². The quantitative estimate of drug-likeness (QED) is 0.610. The molecular weight excluding hydrogens is 242 g/mol. The molecule has 0 saturated heterocycles. The van der Waals surface area contributed by atoms with Crippen molar-refractivity contribution in [2.45, 2.75) is 38.0 Å². The van der Waals surface area contributed by atoms with Crippen molar-refractivity contribution < 1.29 is 8.78 Å². The second-order valence-electron chi connectivity index (χ2n) is 4.98. The molecule has 0 aromatic heterocycles. The Bertz CT molecular complexity index is 526. The third-order valence-electron chi connectivity index (χ3n) is 3.37. The molecule has 2 rings (SSSR count). The smallest absolute Gasteiger partial charge is 0.207 e. The average Bonchev–Trinajstić information content (AvgIpc) is 2.39. The zero-order valence-corrected chi connectivity index (χ0v) is 11.0. The largest absolute Gasteiger partial charge is 0.252 e. The van der Waals surface area contributed by atoms with E-state index in [0.29, 0.717) is 6.42 Å². The molecule has 1 radical (unpaired) electrons. The Morgan fingerprint density at radius 2 is 1.68 bits per heavy atom. The summed E-state index contributed by atoms with van der Waals surface area (Å²) in [5, 5.41) is 1.95. The van der Waals surface area contributed by atoms with Gasteiger partial charge < -0.3 is 0 Å². The van der Waals surface area contributed by atoms with Crippen molar-refractivity contribution >= 4 is 10.8 Å². The normalized spacial score (nSPS) is 11.9. The van der Waals surface area contributed by atoms with Crippen LogP contribution < -0.4 is 0 Å². The molecule has 101 valence electrons. The van der Waals surface area contributed by atoms with Gasteiger partial charge in [0.25, 0.3) is 5.92 Å². The van der Waals surface area contributed by atoms with Gasteiger partial charge in [0.1, 0.15) is 0 Å². The minimum atomic E-state index is -2.63. The molecule has 2 aromatic rings. The molecule has 0 nitrogen and oxygen atoms in total. The van der Waals surface area contributed by atoms with Crippen LogP contribution in [-0.4, -0.2) is 5.92 Å². The molecule has 0 atom stereocenters. The first kappa shape index (κ1) is 14.0. The summed E-state index contributed by atoms with van der Waals surface area (Å²) in [5.74, 6) is -2.63. The highest BCUT2D eigenvalue weighted by Gasteiger charge is 2.28. The predicted molar refractivity (Wildman–Crippen MR) is 76.4 cm³/mol. The van der Waals surface area contributed by atoms with E-state index in [4.69, 9.17) is 0 Å². The number of alkyl halides is 2. The van der Waals surface area contributed by atoms with Crippen molar-refractivity contribution in [3.8, 4) is 0 Å². The molecule has 0 aliphatic carbocycles. The van der Waals surface area contributed by atoms with Gasteiger partial charge in [-0.1, -0.05) is 62.2 Å². The van der Waals surface area contributed by atoms with Gasteiger partial charge in [0, 0.05) is 12.8 Å². The molecule has 0 spiro atoms. The Balaban J connectivity index is 2.16. The van der Waals surface area contributed by atoms with Gasteiger partial charge in [0.05, 0.1) is 0 Å². The molecule has 0 aliphatic heterocycles. The van der Waals surface area contributed by atoms with Crippen molar-refractivity contribution in [1.82, 2.24) is 0 Å². The fourth-order valence-corrected chi connectivity index (χ4v) is 2.37. The Morgan fingerprint density at radius 1 is 0.947 bits per heavy atom. The van der Waals surface area contributed by atoms with E-state index < -0.39 is 5.92 Å². The summed E-state index contributed by atoms with van der Waals surface area (Å²) in [6.45, 7) is 3.69. The van der Waals surface area contributed by atoms with E-state index in [9.17, 15) is 8.78 Å². The monoisotopic (exact) mass is 261 g/mol. The molecule has 0 fully saturated rings. The van der Waals surface area contributed by atoms with Crippen LogP contribution >= 0.6 is 0 Å². The molecular formula is C17H19F2. The van der Waals surface area contributed by atoms with Gasteiger partial charge in [0.15, 0.2) is 0 Å². The van der Waals surface area contributed by atoms with Crippen LogP contribution in [-0.2, 0) is 6.42 Å². The summed E-state index contributed by atoms with van der Waals surface area (Å²) in [6.07, 6.45) is 1.81. The van der Waals surface area contributed by atoms with Crippen LogP contribution in [0.2, 0.25) is 0 Å². The lowest BCUT2D eigenvalue weighted by molar-refractivity contribution is -0.00901. The maximum atomic E-state index is 13.9. The van der Waals surface area contributed by atoms with Crippen molar-refractivity contribution in [3.05, 3.63) is 55.0 Å². The van der Waals surface area contributed by atoms with E-state index in [2.05, 4.69) is 6.92 Å². The summed E-state index contributed by atoms with van der Waals surface area (Å²) in [4.78, 5) is 0. The Hall–Kier alpha value is -1.44. The molecule has 2 heteroatoms. The highest BCUT2D eigenvalue weighted by molar-refractivity contribution is 5.85. The van der Waals surface area contributed by atoms with Crippen LogP contribution in [0.3, 0.4) is 0 Å². The van der Waals surface area contributed by atoms with Crippen molar-refractivity contribution in [2.24, 2.45) is 0 Å². The average molecular weight is 261 g/mol. The minimum Gasteiger partial charge on any atom is -0.207 e. The van der Waals surface area contributed by atoms with E-state index in [1.54, 1.807) is 6.07 Å². The first-order chi connectivity index (χ1) is 9.12. The summed E-state index contributed by atoms with van der Waals surface area (Å²) < 4.78 is 27.9. The maximum absolute atomic E-state index is 13.9. The van der Waals surface area contributed by atoms with Gasteiger partial charge >= 0.3 is 0 Å². The standard InChI is InChI=1S/C17H19F2/c1-2-3-6-12-17(18,19)13-15-10-7-9-14-8-4-5-11-16(14)15/h4-5,7-11H,1-3,6,12-13H2. The first-order valence-corrected chi connectivity index (χ1v) is 6.76. The first-order valence-electron chi connectivity index (χ1n) is 6.76. The van der Waals surface area contributed by atoms with E-state index in [1.165, 1.54) is 0 Å². The molecule has 0 unspecified atom stereocenters. The third kappa shape index (κ3) is 3.76. The van der Waals surface area contributed by atoms with E-state index in [1.807, 2.05) is 36.4 Å². The minimum absolute atomic E-state index is 0.0499. The maximum Gasteiger partial charge on any atom is 0.252 e. The molecule has 0 saturated carbocycles. The lowest BCUT2D eigenvalue weighted by atomic mass is 9.97. The van der Waals surface area contributed by atoms with Crippen LogP contribution in [0.4, 0.5) is 8.78 Å². The van der Waals surface area contributed by atoms with Crippen LogP contribution in [0.25, 0.3) is 10.8 Å². The number of benzene rings is 2. The van der Waals surface area contributed by atoms with Crippen LogP contribution in [0, 0.1) is 6.92 Å². The Labute approximate surface area is 113 Å². The number of rotatable bonds is 6. The number of halogens is 2. The molecule has 0 bridgehead atoms. The van der Waals surface area contributed by atoms with Gasteiger partial charge in [0.2, 0.25) is 0 Å². The Morgan fingerprint density at radius 3 is 2.47 bits per heavy atom. The molecule has 19 heavy (non-hydrogen) atoms. The summed E-state index contributed by atoms with van der Waals surface area (Å²) in [5.41, 5.74) is 0.734. The summed E-state index contributed by atoms with van der Waals surface area (Å²) in [6, 6.07) is 13.3. The fourth-order valence-electron chi connectivity index (χ4n) is 2.37. The SMILES string of the molecule is [CH2]CCCCC(F)(F)Cc1cccc2ccccc12. The van der Waals surface area contributed by atoms with Crippen molar-refractivity contribution in [2.75, 3.05) is 0 Å². The lowest BCUT2D eigenvalue weighted by Gasteiger charge is -2.17. The van der Waals surface area contributed by atoms with Crippen molar-refractivity contribution in [3.63, 3.8) is 0 Å². The van der Waals surface area contributed by atoms with Gasteiger partial charge in [-0.25, -0.2) is 8.78 Å². The van der Waals surface area contributed by atoms with E-state index >= 15 is 0 Å². The summed E-state index contributed by atoms with van der Waals surface area (Å²) >= 11 is 0. The molecule has 0 aliphatic rings. The fraction of sp³-hybridized carbons (Fsp3) is 0.353. The number of unbranched alkanes of at least 4 members (excludes halogenated alkanes) is 2. The zero-order chi connectivity index (χ0) is 13.7. The van der Waals surface area contributed by atoms with Gasteiger partial charge in [-0.3, -0.25) is 0 Å². The molecule has 0 N–H and O–H groups in total. The lowest BCUT2D eigenvalue weighted by Crippen LogP contribution is -2.19. The van der Waals surface area contributed by atoms with Gasteiger partial charge in [-0.15, -0.1) is 0 Å². The predicted octanol–water partition coefficient (Wildman–Crippen LogP) is 5.41. The molecule has 0 amide bonds. The number of hydrogen-bond donors (Lipinski definition) is 0. The topological polar surface area (TPSA) is 0 Å².